The lowest BCUT2D eigenvalue weighted by molar-refractivity contribution is -0.763. The first-order valence-electron chi connectivity index (χ1n) is 7.33. The number of fused-ring (bicyclic) bond motifs is 1. The van der Waals surface area contributed by atoms with Gasteiger partial charge in [-0.3, -0.25) is 14.9 Å². The number of hydrogen-bond donors (Lipinski definition) is 1. The van der Waals surface area contributed by atoms with Crippen LogP contribution in [0.25, 0.3) is 10.8 Å². The Morgan fingerprint density at radius 1 is 1.19 bits per heavy atom. The highest BCUT2D eigenvalue weighted by atomic mass is 16.9. The van der Waals surface area contributed by atoms with Crippen LogP contribution in [0.4, 0.5) is 5.69 Å². The van der Waals surface area contributed by atoms with E-state index in [1.807, 2.05) is 0 Å². The number of aromatic amines is 1. The summed E-state index contributed by atoms with van der Waals surface area (Å²) in [5.74, 6) is -0.813. The third kappa shape index (κ3) is 3.16. The van der Waals surface area contributed by atoms with E-state index in [-0.39, 0.29) is 39.8 Å². The van der Waals surface area contributed by atoms with Gasteiger partial charge in [0.05, 0.1) is 27.9 Å². The SMILES string of the molecule is CCOC(=O)c1c(C)c([N+](=O)[O-])c2c(CO[N+](=O)[O-])n[nH]c(=O)c2c1C. The summed E-state index contributed by atoms with van der Waals surface area (Å²) in [5, 5.41) is 26.3. The van der Waals surface area contributed by atoms with E-state index in [0.717, 1.165) is 0 Å². The molecule has 0 saturated carbocycles. The van der Waals surface area contributed by atoms with Crippen LogP contribution in [0.2, 0.25) is 0 Å². The maximum atomic E-state index is 12.2. The Hall–Kier alpha value is -3.57. The number of aryl methyl sites for hydroxylation is 1. The molecule has 0 atom stereocenters. The van der Waals surface area contributed by atoms with Gasteiger partial charge in [-0.25, -0.2) is 9.89 Å². The second kappa shape index (κ2) is 7.13. The van der Waals surface area contributed by atoms with E-state index < -0.39 is 33.8 Å². The molecule has 0 saturated heterocycles. The molecule has 26 heavy (non-hydrogen) atoms. The third-order valence-corrected chi connectivity index (χ3v) is 3.74. The molecule has 0 fully saturated rings. The third-order valence-electron chi connectivity index (χ3n) is 3.74. The van der Waals surface area contributed by atoms with Gasteiger partial charge in [-0.15, -0.1) is 10.1 Å². The number of esters is 1. The zero-order valence-electron chi connectivity index (χ0n) is 14.0. The molecule has 0 spiro atoms. The van der Waals surface area contributed by atoms with Gasteiger partial charge >= 0.3 is 5.97 Å². The summed E-state index contributed by atoms with van der Waals surface area (Å²) in [7, 11) is 0. The molecule has 12 nitrogen and oxygen atoms in total. The first-order valence-corrected chi connectivity index (χ1v) is 7.33. The topological polar surface area (TPSA) is 168 Å². The second-order valence-corrected chi connectivity index (χ2v) is 5.20. The van der Waals surface area contributed by atoms with Crippen LogP contribution in [0.15, 0.2) is 4.79 Å². The molecule has 1 heterocycles. The van der Waals surface area contributed by atoms with Crippen LogP contribution < -0.4 is 5.56 Å². The summed E-state index contributed by atoms with van der Waals surface area (Å²) in [6, 6.07) is 0. The molecule has 1 aromatic carbocycles. The van der Waals surface area contributed by atoms with Crippen LogP contribution in [0.1, 0.15) is 34.1 Å². The van der Waals surface area contributed by atoms with Gasteiger partial charge in [-0.1, -0.05) is 0 Å². The molecular weight excluding hydrogens is 352 g/mol. The Labute approximate surface area is 145 Å². The van der Waals surface area contributed by atoms with Gasteiger partial charge in [0.2, 0.25) is 0 Å². The number of nitro groups is 1. The minimum absolute atomic E-state index is 0.0341. The lowest BCUT2D eigenvalue weighted by atomic mass is 9.93. The van der Waals surface area contributed by atoms with E-state index in [4.69, 9.17) is 4.74 Å². The van der Waals surface area contributed by atoms with E-state index >= 15 is 0 Å². The summed E-state index contributed by atoms with van der Waals surface area (Å²) in [5.41, 5.74) is -1.54. The fraction of sp³-hybridized carbons (Fsp3) is 0.357. The van der Waals surface area contributed by atoms with Gasteiger partial charge in [0.1, 0.15) is 12.3 Å². The van der Waals surface area contributed by atoms with Gasteiger partial charge in [-0.05, 0) is 26.3 Å². The lowest BCUT2D eigenvalue weighted by Gasteiger charge is -2.14. The Balaban J connectivity index is 2.97. The summed E-state index contributed by atoms with van der Waals surface area (Å²) in [6.07, 6.45) is 0. The van der Waals surface area contributed by atoms with Crippen molar-refractivity contribution in [2.45, 2.75) is 27.4 Å². The molecule has 0 aliphatic carbocycles. The predicted molar refractivity (Wildman–Crippen MR) is 86.2 cm³/mol. The zero-order valence-corrected chi connectivity index (χ0v) is 14.0. The second-order valence-electron chi connectivity index (χ2n) is 5.20. The quantitative estimate of drug-likeness (QED) is 0.450. The standard InChI is InChI=1S/C14H14N4O8/c1-4-25-14(20)9-6(2)10-11(12(7(9)3)17(21)22)8(5-26-18(23)24)15-16-13(10)19/h4-5H2,1-3H3,(H,16,19). The van der Waals surface area contributed by atoms with E-state index in [2.05, 4.69) is 15.0 Å². The van der Waals surface area contributed by atoms with Gasteiger partial charge in [0.15, 0.2) is 0 Å². The first-order chi connectivity index (χ1) is 12.2. The summed E-state index contributed by atoms with van der Waals surface area (Å²) < 4.78 is 4.92. The molecular formula is C14H14N4O8. The fourth-order valence-electron chi connectivity index (χ4n) is 2.77. The molecule has 1 N–H and O–H groups in total. The summed E-state index contributed by atoms with van der Waals surface area (Å²) in [4.78, 5) is 50.0. The number of carbonyl (C=O) groups excluding carboxylic acids is 1. The van der Waals surface area contributed by atoms with Crippen molar-refractivity contribution in [3.8, 4) is 0 Å². The monoisotopic (exact) mass is 366 g/mol. The summed E-state index contributed by atoms with van der Waals surface area (Å²) in [6.45, 7) is 3.66. The maximum Gasteiger partial charge on any atom is 0.338 e. The highest BCUT2D eigenvalue weighted by Crippen LogP contribution is 2.35. The molecule has 0 aliphatic rings. The van der Waals surface area contributed by atoms with Crippen LogP contribution in [0.3, 0.4) is 0 Å². The number of nitrogens with one attached hydrogen (secondary N) is 1. The van der Waals surface area contributed by atoms with Gasteiger partial charge in [-0.2, -0.15) is 5.10 Å². The average molecular weight is 366 g/mol. The highest BCUT2D eigenvalue weighted by Gasteiger charge is 2.30. The number of carbonyl (C=O) groups is 1. The largest absolute Gasteiger partial charge is 0.462 e. The summed E-state index contributed by atoms with van der Waals surface area (Å²) >= 11 is 0. The number of ether oxygens (including phenoxy) is 1. The number of rotatable bonds is 6. The molecule has 0 aliphatic heterocycles. The van der Waals surface area contributed by atoms with Gasteiger partial charge in [0.25, 0.3) is 16.3 Å². The average Bonchev–Trinajstić information content (AvgIpc) is 2.53. The molecule has 0 amide bonds. The Kier molecular flexibility index (Phi) is 5.14. The predicted octanol–water partition coefficient (Wildman–Crippen LogP) is 1.33. The maximum absolute atomic E-state index is 12.2. The number of aromatic nitrogens is 2. The highest BCUT2D eigenvalue weighted by molar-refractivity contribution is 6.05. The van der Waals surface area contributed by atoms with Crippen molar-refractivity contribution in [3.63, 3.8) is 0 Å². The Bertz CT molecular complexity index is 981. The molecule has 1 aromatic heterocycles. The molecule has 2 rings (SSSR count). The van der Waals surface area contributed by atoms with Crippen LogP contribution >= 0.6 is 0 Å². The Morgan fingerprint density at radius 2 is 1.85 bits per heavy atom. The number of nitro benzene ring substituents is 1. The van der Waals surface area contributed by atoms with Gasteiger partial charge < -0.3 is 9.57 Å². The number of nitrogens with zero attached hydrogens (tertiary/aromatic N) is 3. The van der Waals surface area contributed by atoms with Crippen LogP contribution in [0, 0.1) is 34.1 Å². The van der Waals surface area contributed by atoms with E-state index in [1.54, 1.807) is 6.92 Å². The van der Waals surface area contributed by atoms with Crippen LogP contribution in [0.5, 0.6) is 0 Å². The zero-order chi connectivity index (χ0) is 19.6. The van der Waals surface area contributed by atoms with Crippen LogP contribution in [-0.4, -0.2) is 32.8 Å². The van der Waals surface area contributed by atoms with E-state index in [9.17, 15) is 29.8 Å². The fourth-order valence-corrected chi connectivity index (χ4v) is 2.77. The minimum Gasteiger partial charge on any atom is -0.462 e. The van der Waals surface area contributed by atoms with E-state index in [1.165, 1.54) is 13.8 Å². The molecule has 12 heteroatoms. The van der Waals surface area contributed by atoms with Crippen molar-refractivity contribution in [3.05, 3.63) is 53.0 Å². The molecule has 0 unspecified atom stereocenters. The number of hydrogen-bond acceptors (Lipinski definition) is 9. The van der Waals surface area contributed by atoms with Crippen molar-refractivity contribution in [2.75, 3.05) is 6.61 Å². The van der Waals surface area contributed by atoms with Crippen molar-refractivity contribution in [1.29, 1.82) is 0 Å². The molecule has 138 valence electrons. The molecule has 2 aromatic rings. The van der Waals surface area contributed by atoms with E-state index in [0.29, 0.717) is 0 Å². The lowest BCUT2D eigenvalue weighted by Crippen LogP contribution is -2.19. The first kappa shape index (κ1) is 18.8. The van der Waals surface area contributed by atoms with Crippen molar-refractivity contribution in [1.82, 2.24) is 10.2 Å². The smallest absolute Gasteiger partial charge is 0.338 e. The number of H-pyrrole nitrogens is 1. The minimum atomic E-state index is -1.09. The molecule has 0 bridgehead atoms. The van der Waals surface area contributed by atoms with Crippen LogP contribution in [-0.2, 0) is 16.2 Å². The molecule has 0 radical (unpaired) electrons. The van der Waals surface area contributed by atoms with Crippen molar-refractivity contribution >= 4 is 22.4 Å². The number of benzene rings is 1. The Morgan fingerprint density at radius 3 is 2.38 bits per heavy atom. The van der Waals surface area contributed by atoms with Crippen molar-refractivity contribution in [2.24, 2.45) is 0 Å². The van der Waals surface area contributed by atoms with Crippen molar-refractivity contribution < 1.29 is 24.4 Å². The normalized spacial score (nSPS) is 10.6. The van der Waals surface area contributed by atoms with Gasteiger partial charge in [0, 0.05) is 5.56 Å².